The molecule has 1 aromatic carbocycles. The monoisotopic (exact) mass is 354 g/mol. The third kappa shape index (κ3) is 4.04. The van der Waals surface area contributed by atoms with Crippen LogP contribution in [0.5, 0.6) is 0 Å². The first kappa shape index (κ1) is 16.0. The summed E-state index contributed by atoms with van der Waals surface area (Å²) in [4.78, 5) is 25.1. The highest BCUT2D eigenvalue weighted by molar-refractivity contribution is 9.10. The van der Waals surface area contributed by atoms with Gasteiger partial charge in [0.15, 0.2) is 5.60 Å². The average Bonchev–Trinajstić information content (AvgIpc) is 2.46. The van der Waals surface area contributed by atoms with Gasteiger partial charge in [-0.2, -0.15) is 0 Å². The van der Waals surface area contributed by atoms with Crippen LogP contribution in [0, 0.1) is 0 Å². The zero-order chi connectivity index (χ0) is 15.5. The molecule has 1 aliphatic rings. The molecule has 0 saturated carbocycles. The minimum absolute atomic E-state index is 0.0640. The summed E-state index contributed by atoms with van der Waals surface area (Å²) in [5.41, 5.74) is -0.534. The predicted octanol–water partition coefficient (Wildman–Crippen LogP) is 1.44. The van der Waals surface area contributed by atoms with Gasteiger partial charge in [-0.1, -0.05) is 28.1 Å². The number of hydrogen-bond donors (Lipinski definition) is 2. The maximum absolute atomic E-state index is 12.2. The molecule has 0 aliphatic carbocycles. The summed E-state index contributed by atoms with van der Waals surface area (Å²) >= 11 is 3.35. The average molecular weight is 355 g/mol. The Kier molecular flexibility index (Phi) is 5.00. The number of rotatable bonds is 3. The Balaban J connectivity index is 1.95. The fourth-order valence-electron chi connectivity index (χ4n) is 2.44. The van der Waals surface area contributed by atoms with Crippen LogP contribution in [-0.2, 0) is 16.1 Å². The predicted molar refractivity (Wildman–Crippen MR) is 82.4 cm³/mol. The van der Waals surface area contributed by atoms with Gasteiger partial charge in [0, 0.05) is 24.5 Å². The van der Waals surface area contributed by atoms with E-state index < -0.39 is 11.5 Å². The molecule has 5 nitrogen and oxygen atoms in total. The van der Waals surface area contributed by atoms with E-state index in [2.05, 4.69) is 21.2 Å². The Labute approximate surface area is 132 Å². The Morgan fingerprint density at radius 2 is 2.05 bits per heavy atom. The Morgan fingerprint density at radius 3 is 2.67 bits per heavy atom. The number of halogens is 1. The third-order valence-electron chi connectivity index (χ3n) is 3.71. The Morgan fingerprint density at radius 1 is 1.38 bits per heavy atom. The standard InChI is InChI=1S/C15H19BrN2O3/c1-11(19)18-8-2-7-15(21,10-18)14(20)17-9-12-3-5-13(16)6-4-12/h3-6,21H,2,7-10H2,1H3,(H,17,20). The quantitative estimate of drug-likeness (QED) is 0.862. The van der Waals surface area contributed by atoms with Crippen LogP contribution < -0.4 is 5.32 Å². The molecule has 2 amide bonds. The summed E-state index contributed by atoms with van der Waals surface area (Å²) in [6.45, 7) is 2.46. The van der Waals surface area contributed by atoms with E-state index in [1.165, 1.54) is 11.8 Å². The highest BCUT2D eigenvalue weighted by atomic mass is 79.9. The molecule has 1 aliphatic heterocycles. The van der Waals surface area contributed by atoms with Crippen molar-refractivity contribution in [3.05, 3.63) is 34.3 Å². The number of hydrogen-bond acceptors (Lipinski definition) is 3. The summed E-state index contributed by atoms with van der Waals surface area (Å²) in [5.74, 6) is -0.537. The van der Waals surface area contributed by atoms with Crippen molar-refractivity contribution in [2.24, 2.45) is 0 Å². The maximum atomic E-state index is 12.2. The van der Waals surface area contributed by atoms with Gasteiger partial charge in [0.05, 0.1) is 6.54 Å². The molecule has 2 rings (SSSR count). The van der Waals surface area contributed by atoms with E-state index >= 15 is 0 Å². The van der Waals surface area contributed by atoms with Crippen molar-refractivity contribution in [2.75, 3.05) is 13.1 Å². The number of benzene rings is 1. The van der Waals surface area contributed by atoms with E-state index in [9.17, 15) is 14.7 Å². The lowest BCUT2D eigenvalue weighted by Gasteiger charge is -2.37. The van der Waals surface area contributed by atoms with Crippen LogP contribution in [0.2, 0.25) is 0 Å². The van der Waals surface area contributed by atoms with Crippen LogP contribution >= 0.6 is 15.9 Å². The highest BCUT2D eigenvalue weighted by Crippen LogP contribution is 2.21. The number of likely N-dealkylation sites (tertiary alicyclic amines) is 1. The van der Waals surface area contributed by atoms with E-state index in [0.717, 1.165) is 10.0 Å². The molecule has 2 N–H and O–H groups in total. The van der Waals surface area contributed by atoms with Crippen molar-refractivity contribution < 1.29 is 14.7 Å². The second kappa shape index (κ2) is 6.58. The van der Waals surface area contributed by atoms with Crippen molar-refractivity contribution in [1.29, 1.82) is 0 Å². The van der Waals surface area contributed by atoms with Crippen molar-refractivity contribution in [1.82, 2.24) is 10.2 Å². The molecule has 1 unspecified atom stereocenters. The summed E-state index contributed by atoms with van der Waals surface area (Å²) in [7, 11) is 0. The van der Waals surface area contributed by atoms with E-state index in [4.69, 9.17) is 0 Å². The van der Waals surface area contributed by atoms with Gasteiger partial charge in [0.25, 0.3) is 5.91 Å². The first-order valence-corrected chi connectivity index (χ1v) is 7.71. The van der Waals surface area contributed by atoms with Gasteiger partial charge in [-0.15, -0.1) is 0 Å². The minimum Gasteiger partial charge on any atom is -0.378 e. The normalized spacial score (nSPS) is 22.0. The number of aliphatic hydroxyl groups is 1. The number of β-amino-alcohol motifs (C(OH)–C–C–N with tert-alkyl or cyclic N) is 1. The molecular formula is C15H19BrN2O3. The molecule has 0 bridgehead atoms. The van der Waals surface area contributed by atoms with Crippen LogP contribution in [0.25, 0.3) is 0 Å². The molecule has 1 heterocycles. The smallest absolute Gasteiger partial charge is 0.254 e. The second-order valence-electron chi connectivity index (χ2n) is 5.38. The molecule has 1 fully saturated rings. The fourth-order valence-corrected chi connectivity index (χ4v) is 2.70. The Hall–Kier alpha value is -1.40. The van der Waals surface area contributed by atoms with E-state index in [1.807, 2.05) is 24.3 Å². The number of nitrogens with zero attached hydrogens (tertiary/aromatic N) is 1. The first-order chi connectivity index (χ1) is 9.90. The third-order valence-corrected chi connectivity index (χ3v) is 4.23. The maximum Gasteiger partial charge on any atom is 0.254 e. The molecule has 114 valence electrons. The molecule has 0 radical (unpaired) electrons. The van der Waals surface area contributed by atoms with E-state index in [1.54, 1.807) is 0 Å². The van der Waals surface area contributed by atoms with Gasteiger partial charge < -0.3 is 15.3 Å². The van der Waals surface area contributed by atoms with Crippen molar-refractivity contribution in [3.63, 3.8) is 0 Å². The van der Waals surface area contributed by atoms with Crippen LogP contribution in [0.1, 0.15) is 25.3 Å². The van der Waals surface area contributed by atoms with Gasteiger partial charge in [-0.3, -0.25) is 9.59 Å². The lowest BCUT2D eigenvalue weighted by Crippen LogP contribution is -2.57. The van der Waals surface area contributed by atoms with Crippen molar-refractivity contribution in [2.45, 2.75) is 31.9 Å². The molecule has 1 saturated heterocycles. The number of piperidine rings is 1. The lowest BCUT2D eigenvalue weighted by atomic mass is 9.91. The van der Waals surface area contributed by atoms with Crippen molar-refractivity contribution in [3.8, 4) is 0 Å². The molecule has 0 aromatic heterocycles. The molecule has 6 heteroatoms. The molecule has 21 heavy (non-hydrogen) atoms. The largest absolute Gasteiger partial charge is 0.378 e. The molecular weight excluding hydrogens is 336 g/mol. The van der Waals surface area contributed by atoms with Gasteiger partial charge in [0.2, 0.25) is 5.91 Å². The first-order valence-electron chi connectivity index (χ1n) is 6.91. The number of carbonyl (C=O) groups excluding carboxylic acids is 2. The lowest BCUT2D eigenvalue weighted by molar-refractivity contribution is -0.150. The van der Waals surface area contributed by atoms with Crippen LogP contribution in [0.4, 0.5) is 0 Å². The number of amides is 2. The summed E-state index contributed by atoms with van der Waals surface area (Å²) in [5, 5.41) is 13.2. The zero-order valence-electron chi connectivity index (χ0n) is 11.9. The van der Waals surface area contributed by atoms with Gasteiger partial charge in [0.1, 0.15) is 0 Å². The fraction of sp³-hybridized carbons (Fsp3) is 0.467. The zero-order valence-corrected chi connectivity index (χ0v) is 13.5. The van der Waals surface area contributed by atoms with E-state index in [0.29, 0.717) is 25.9 Å². The number of carbonyl (C=O) groups is 2. The minimum atomic E-state index is -1.49. The molecule has 1 aromatic rings. The van der Waals surface area contributed by atoms with Gasteiger partial charge >= 0.3 is 0 Å². The summed E-state index contributed by atoms with van der Waals surface area (Å²) in [6.07, 6.45) is 1.00. The van der Waals surface area contributed by atoms with Crippen LogP contribution in [0.3, 0.4) is 0 Å². The highest BCUT2D eigenvalue weighted by Gasteiger charge is 2.40. The summed E-state index contributed by atoms with van der Waals surface area (Å²) < 4.78 is 0.973. The molecule has 1 atom stereocenters. The van der Waals surface area contributed by atoms with Crippen molar-refractivity contribution >= 4 is 27.7 Å². The van der Waals surface area contributed by atoms with Crippen LogP contribution in [0.15, 0.2) is 28.7 Å². The summed E-state index contributed by atoms with van der Waals surface area (Å²) in [6, 6.07) is 7.59. The Bertz CT molecular complexity index is 532. The van der Waals surface area contributed by atoms with Crippen LogP contribution in [-0.4, -0.2) is 40.5 Å². The topological polar surface area (TPSA) is 69.6 Å². The SMILES string of the molecule is CC(=O)N1CCCC(O)(C(=O)NCc2ccc(Br)cc2)C1. The number of nitrogens with one attached hydrogen (secondary N) is 1. The molecule has 0 spiro atoms. The second-order valence-corrected chi connectivity index (χ2v) is 6.30. The van der Waals surface area contributed by atoms with Gasteiger partial charge in [-0.25, -0.2) is 0 Å². The van der Waals surface area contributed by atoms with Gasteiger partial charge in [-0.05, 0) is 30.5 Å². The van der Waals surface area contributed by atoms with E-state index in [-0.39, 0.29) is 12.5 Å².